The average Bonchev–Trinajstić information content (AvgIpc) is 2.35. The van der Waals surface area contributed by atoms with Crippen LogP contribution >= 0.6 is 0 Å². The Balaban J connectivity index is 3.47. The second-order valence-corrected chi connectivity index (χ2v) is 4.29. The summed E-state index contributed by atoms with van der Waals surface area (Å²) >= 11 is 0. The molecule has 0 aromatic heterocycles. The zero-order chi connectivity index (χ0) is 17.2. The van der Waals surface area contributed by atoms with Gasteiger partial charge < -0.3 is 10.4 Å². The van der Waals surface area contributed by atoms with Gasteiger partial charge in [-0.3, -0.25) is 9.59 Å². The molecule has 4 nitrogen and oxygen atoms in total. The van der Waals surface area contributed by atoms with Gasteiger partial charge in [0.25, 0.3) is 0 Å². The van der Waals surface area contributed by atoms with E-state index in [9.17, 15) is 35.9 Å². The Hall–Kier alpha value is -2.26. The lowest BCUT2D eigenvalue weighted by atomic mass is 9.85. The summed E-state index contributed by atoms with van der Waals surface area (Å²) in [6.45, 7) is 0. The lowest BCUT2D eigenvalue weighted by Crippen LogP contribution is -2.59. The largest absolute Gasteiger partial charge is 0.481 e. The van der Waals surface area contributed by atoms with E-state index in [2.05, 4.69) is 0 Å². The highest BCUT2D eigenvalue weighted by Crippen LogP contribution is 2.42. The van der Waals surface area contributed by atoms with Gasteiger partial charge in [0.05, 0.1) is 6.42 Å². The topological polar surface area (TPSA) is 66.4 Å². The fraction of sp³-hybridized carbons (Fsp3) is 0.333. The molecule has 0 aliphatic carbocycles. The lowest BCUT2D eigenvalue weighted by Gasteiger charge is -2.36. The summed E-state index contributed by atoms with van der Waals surface area (Å²) in [6, 6.07) is 5.02. The third-order valence-corrected chi connectivity index (χ3v) is 2.75. The number of carboxylic acid groups (broad SMARTS) is 1. The number of hydrogen-bond donors (Lipinski definition) is 2. The van der Waals surface area contributed by atoms with Crippen molar-refractivity contribution in [2.45, 2.75) is 24.3 Å². The minimum Gasteiger partial charge on any atom is -0.481 e. The molecule has 2 N–H and O–H groups in total. The molecule has 0 unspecified atom stereocenters. The second-order valence-electron chi connectivity index (χ2n) is 4.29. The molecule has 1 aromatic rings. The number of amides is 1. The Kier molecular flexibility index (Phi) is 4.73. The van der Waals surface area contributed by atoms with Gasteiger partial charge in [-0.15, -0.1) is 0 Å². The predicted octanol–water partition coefficient (Wildman–Crippen LogP) is 2.60. The van der Waals surface area contributed by atoms with Crippen LogP contribution in [0.1, 0.15) is 12.0 Å². The minimum absolute atomic E-state index is 0.785. The molecule has 0 saturated heterocycles. The summed E-state index contributed by atoms with van der Waals surface area (Å²) < 4.78 is 76.9. The fourth-order valence-corrected chi connectivity index (χ4v) is 1.77. The molecule has 1 aromatic carbocycles. The van der Waals surface area contributed by atoms with Gasteiger partial charge in [0.15, 0.2) is 5.54 Å². The molecular weight excluding hydrogens is 320 g/mol. The number of carbonyl (C=O) groups is 2. The van der Waals surface area contributed by atoms with Crippen molar-refractivity contribution in [3.05, 3.63) is 35.9 Å². The normalized spacial score (nSPS) is 15.0. The lowest BCUT2D eigenvalue weighted by molar-refractivity contribution is -0.217. The van der Waals surface area contributed by atoms with Gasteiger partial charge in [0.2, 0.25) is 0 Å². The first-order chi connectivity index (χ1) is 9.90. The molecule has 1 amide bonds. The molecule has 0 saturated carbocycles. The highest BCUT2D eigenvalue weighted by molar-refractivity contribution is 5.83. The van der Waals surface area contributed by atoms with Gasteiger partial charge in [0.1, 0.15) is 0 Å². The average molecular weight is 329 g/mol. The zero-order valence-electron chi connectivity index (χ0n) is 10.6. The fourth-order valence-electron chi connectivity index (χ4n) is 1.77. The highest BCUT2D eigenvalue weighted by Gasteiger charge is 2.60. The molecule has 0 heterocycles. The molecule has 22 heavy (non-hydrogen) atoms. The van der Waals surface area contributed by atoms with E-state index in [4.69, 9.17) is 5.11 Å². The van der Waals surface area contributed by atoms with Crippen LogP contribution in [0.2, 0.25) is 0 Å². The van der Waals surface area contributed by atoms with Crippen molar-refractivity contribution in [1.82, 2.24) is 5.32 Å². The van der Waals surface area contributed by atoms with Crippen LogP contribution in [0.15, 0.2) is 30.3 Å². The number of halogens is 6. The molecule has 0 aliphatic rings. The Morgan fingerprint density at radius 1 is 1.00 bits per heavy atom. The van der Waals surface area contributed by atoms with E-state index in [1.54, 1.807) is 0 Å². The molecule has 1 rings (SSSR count). The summed E-state index contributed by atoms with van der Waals surface area (Å²) in [5.74, 6) is -4.90. The van der Waals surface area contributed by atoms with Crippen molar-refractivity contribution in [3.63, 3.8) is 0 Å². The number of nitrogens with one attached hydrogen (secondary N) is 1. The Morgan fingerprint density at radius 2 is 1.50 bits per heavy atom. The molecule has 0 aliphatic heterocycles. The molecule has 0 radical (unpaired) electrons. The number of carbonyl (C=O) groups excluding carboxylic acids is 1. The minimum atomic E-state index is -5.59. The first kappa shape index (κ1) is 17.8. The van der Waals surface area contributed by atoms with Crippen LogP contribution in [0, 0.1) is 0 Å². The Morgan fingerprint density at radius 3 is 1.86 bits per heavy atom. The van der Waals surface area contributed by atoms with Crippen molar-refractivity contribution >= 4 is 11.9 Å². The summed E-state index contributed by atoms with van der Waals surface area (Å²) in [7, 11) is 0. The van der Waals surface area contributed by atoms with Gasteiger partial charge in [-0.2, -0.15) is 26.3 Å². The van der Waals surface area contributed by atoms with Crippen molar-refractivity contribution in [2.24, 2.45) is 0 Å². The molecule has 0 fully saturated rings. The first-order valence-corrected chi connectivity index (χ1v) is 5.63. The number of carboxylic acids is 1. The Bertz CT molecular complexity index is 554. The van der Waals surface area contributed by atoms with Gasteiger partial charge in [-0.05, 0) is 5.56 Å². The molecule has 10 heteroatoms. The summed E-state index contributed by atoms with van der Waals surface area (Å²) in [5.41, 5.74) is -4.50. The summed E-state index contributed by atoms with van der Waals surface area (Å²) in [5, 5.41) is 9.45. The molecule has 122 valence electrons. The maximum absolute atomic E-state index is 13.3. The van der Waals surface area contributed by atoms with E-state index in [0.29, 0.717) is 0 Å². The van der Waals surface area contributed by atoms with Crippen LogP contribution in [0.4, 0.5) is 26.3 Å². The number of rotatable bonds is 4. The molecule has 0 spiro atoms. The number of aliphatic carboxylic acids is 1. The smallest absolute Gasteiger partial charge is 0.471 e. The van der Waals surface area contributed by atoms with Crippen molar-refractivity contribution < 1.29 is 41.0 Å². The summed E-state index contributed by atoms with van der Waals surface area (Å²) in [4.78, 5) is 21.7. The summed E-state index contributed by atoms with van der Waals surface area (Å²) in [6.07, 6.45) is -12.8. The standard InChI is InChI=1S/C12H9F6NO3/c13-11(14,15)9(22)19-10(6-8(20)21,12(16,17)18)7-4-2-1-3-5-7/h1-5H,6H2,(H,19,22)(H,20,21)/t10-/m0/s1. The maximum Gasteiger partial charge on any atom is 0.471 e. The SMILES string of the molecule is O=C(O)C[C@](NC(=O)C(F)(F)F)(c1ccccc1)C(F)(F)F. The van der Waals surface area contributed by atoms with Crippen LogP contribution in [0.3, 0.4) is 0 Å². The van der Waals surface area contributed by atoms with E-state index in [0.717, 1.165) is 29.6 Å². The van der Waals surface area contributed by atoms with Gasteiger partial charge in [0, 0.05) is 0 Å². The first-order valence-electron chi connectivity index (χ1n) is 5.63. The van der Waals surface area contributed by atoms with Crippen LogP contribution in [0.25, 0.3) is 0 Å². The third-order valence-electron chi connectivity index (χ3n) is 2.75. The van der Waals surface area contributed by atoms with Crippen molar-refractivity contribution in [3.8, 4) is 0 Å². The highest BCUT2D eigenvalue weighted by atomic mass is 19.4. The van der Waals surface area contributed by atoms with Gasteiger partial charge in [-0.25, -0.2) is 0 Å². The van der Waals surface area contributed by atoms with Crippen LogP contribution < -0.4 is 5.32 Å². The van der Waals surface area contributed by atoms with Crippen LogP contribution in [-0.2, 0) is 15.1 Å². The Labute approximate surface area is 119 Å². The van der Waals surface area contributed by atoms with Crippen LogP contribution in [0.5, 0.6) is 0 Å². The van der Waals surface area contributed by atoms with Crippen molar-refractivity contribution in [1.29, 1.82) is 0 Å². The monoisotopic (exact) mass is 329 g/mol. The van der Waals surface area contributed by atoms with E-state index in [1.165, 1.54) is 6.07 Å². The van der Waals surface area contributed by atoms with E-state index in [1.807, 2.05) is 0 Å². The molecule has 1 atom stereocenters. The quantitative estimate of drug-likeness (QED) is 0.835. The van der Waals surface area contributed by atoms with E-state index < -0.39 is 41.8 Å². The number of alkyl halides is 6. The molecular formula is C12H9F6NO3. The predicted molar refractivity (Wildman–Crippen MR) is 60.6 cm³/mol. The second kappa shape index (κ2) is 5.85. The zero-order valence-corrected chi connectivity index (χ0v) is 10.6. The number of hydrogen-bond acceptors (Lipinski definition) is 2. The van der Waals surface area contributed by atoms with Crippen LogP contribution in [-0.4, -0.2) is 29.3 Å². The van der Waals surface area contributed by atoms with E-state index >= 15 is 0 Å². The maximum atomic E-state index is 13.3. The molecule has 0 bridgehead atoms. The van der Waals surface area contributed by atoms with Gasteiger partial charge >= 0.3 is 24.2 Å². The van der Waals surface area contributed by atoms with Crippen molar-refractivity contribution in [2.75, 3.05) is 0 Å². The van der Waals surface area contributed by atoms with E-state index in [-0.39, 0.29) is 0 Å². The number of benzene rings is 1. The third kappa shape index (κ3) is 3.68. The van der Waals surface area contributed by atoms with Gasteiger partial charge in [-0.1, -0.05) is 30.3 Å².